The highest BCUT2D eigenvalue weighted by atomic mass is 32.2. The molecule has 0 bridgehead atoms. The quantitative estimate of drug-likeness (QED) is 0.796. The van der Waals surface area contributed by atoms with Crippen LogP contribution in [0.1, 0.15) is 40.0 Å². The molecule has 8 heteroatoms. The second-order valence-electron chi connectivity index (χ2n) is 5.25. The minimum absolute atomic E-state index is 0.648. The van der Waals surface area contributed by atoms with Crippen molar-refractivity contribution in [2.45, 2.75) is 45.6 Å². The van der Waals surface area contributed by atoms with Crippen LogP contribution in [0.2, 0.25) is 0 Å². The zero-order valence-corrected chi connectivity index (χ0v) is 11.8. The molecule has 18 heavy (non-hydrogen) atoms. The van der Waals surface area contributed by atoms with Crippen LogP contribution in [0.15, 0.2) is 0 Å². The Bertz CT molecular complexity index is 382. The van der Waals surface area contributed by atoms with Gasteiger partial charge in [-0.05, 0) is 33.6 Å². The first-order valence-corrected chi connectivity index (χ1v) is 7.44. The van der Waals surface area contributed by atoms with Crippen molar-refractivity contribution in [3.63, 3.8) is 0 Å². The molecule has 0 radical (unpaired) electrons. The van der Waals surface area contributed by atoms with Gasteiger partial charge in [-0.25, -0.2) is 14.5 Å². The molecule has 1 rings (SSSR count). The highest BCUT2D eigenvalue weighted by molar-refractivity contribution is 7.88. The largest absolute Gasteiger partial charge is 0.443 e. The fourth-order valence-electron chi connectivity index (χ4n) is 1.59. The lowest BCUT2D eigenvalue weighted by Crippen LogP contribution is -2.51. The van der Waals surface area contributed by atoms with Gasteiger partial charge in [0, 0.05) is 13.1 Å². The van der Waals surface area contributed by atoms with E-state index in [4.69, 9.17) is 4.74 Å². The molecular formula is C10H21N3O4S. The van der Waals surface area contributed by atoms with Crippen molar-refractivity contribution in [3.8, 4) is 0 Å². The average molecular weight is 279 g/mol. The molecule has 0 unspecified atom stereocenters. The van der Waals surface area contributed by atoms with Crippen molar-refractivity contribution < 1.29 is 17.9 Å². The van der Waals surface area contributed by atoms with Gasteiger partial charge >= 0.3 is 16.3 Å². The second kappa shape index (κ2) is 5.85. The van der Waals surface area contributed by atoms with Crippen LogP contribution < -0.4 is 9.55 Å². The van der Waals surface area contributed by atoms with E-state index in [0.29, 0.717) is 13.1 Å². The fourth-order valence-corrected chi connectivity index (χ4v) is 2.42. The van der Waals surface area contributed by atoms with Crippen LogP contribution in [0.4, 0.5) is 4.79 Å². The van der Waals surface area contributed by atoms with Crippen LogP contribution in [0, 0.1) is 0 Å². The molecule has 0 aromatic heterocycles. The van der Waals surface area contributed by atoms with Crippen LogP contribution in [-0.4, -0.2) is 38.2 Å². The molecule has 7 nitrogen and oxygen atoms in total. The predicted molar refractivity (Wildman–Crippen MR) is 66.8 cm³/mol. The Morgan fingerprint density at radius 3 is 2.22 bits per heavy atom. The Kier molecular flexibility index (Phi) is 4.94. The summed E-state index contributed by atoms with van der Waals surface area (Å²) in [6, 6.07) is 0. The number of ether oxygens (including phenoxy) is 1. The molecule has 1 heterocycles. The monoisotopic (exact) mass is 279 g/mol. The van der Waals surface area contributed by atoms with E-state index in [-0.39, 0.29) is 0 Å². The van der Waals surface area contributed by atoms with E-state index in [1.54, 1.807) is 25.8 Å². The van der Waals surface area contributed by atoms with Crippen molar-refractivity contribution in [3.05, 3.63) is 0 Å². The smallest absolute Gasteiger partial charge is 0.422 e. The third-order valence-electron chi connectivity index (χ3n) is 2.22. The van der Waals surface area contributed by atoms with Crippen LogP contribution in [-0.2, 0) is 14.9 Å². The summed E-state index contributed by atoms with van der Waals surface area (Å²) >= 11 is 0. The zero-order chi connectivity index (χ0) is 13.8. The molecule has 106 valence electrons. The van der Waals surface area contributed by atoms with E-state index < -0.39 is 21.9 Å². The molecule has 1 saturated heterocycles. The summed E-state index contributed by atoms with van der Waals surface area (Å²) in [5.74, 6) is 0. The van der Waals surface area contributed by atoms with Gasteiger partial charge in [-0.1, -0.05) is 6.42 Å². The number of hydrogen-bond donors (Lipinski definition) is 2. The molecule has 0 saturated carbocycles. The van der Waals surface area contributed by atoms with Gasteiger partial charge in [0.1, 0.15) is 5.60 Å². The number of amides is 1. The summed E-state index contributed by atoms with van der Waals surface area (Å²) < 4.78 is 30.0. The number of hydrazine groups is 1. The second-order valence-corrected chi connectivity index (χ2v) is 6.64. The van der Waals surface area contributed by atoms with Gasteiger partial charge in [0.2, 0.25) is 0 Å². The van der Waals surface area contributed by atoms with Crippen molar-refractivity contribution in [2.24, 2.45) is 0 Å². The Morgan fingerprint density at radius 1 is 1.17 bits per heavy atom. The highest BCUT2D eigenvalue weighted by Gasteiger charge is 2.23. The third kappa shape index (κ3) is 6.18. The van der Waals surface area contributed by atoms with E-state index in [1.807, 2.05) is 4.72 Å². The van der Waals surface area contributed by atoms with E-state index in [0.717, 1.165) is 19.3 Å². The number of hydrogen-bond acceptors (Lipinski definition) is 5. The first-order chi connectivity index (χ1) is 8.18. The molecule has 0 spiro atoms. The van der Waals surface area contributed by atoms with Crippen molar-refractivity contribution in [1.82, 2.24) is 14.6 Å². The molecule has 0 aromatic rings. The first-order valence-electron chi connectivity index (χ1n) is 5.96. The molecule has 0 atom stereocenters. The molecule has 1 aliphatic heterocycles. The van der Waals surface area contributed by atoms with Gasteiger partial charge in [0.25, 0.3) is 0 Å². The summed E-state index contributed by atoms with van der Waals surface area (Å²) in [6.45, 7) is 6.29. The normalized spacial score (nSPS) is 18.4. The molecular weight excluding hydrogens is 258 g/mol. The maximum absolute atomic E-state index is 11.6. The maximum Gasteiger partial charge on any atom is 0.422 e. The molecule has 0 aromatic carbocycles. The van der Waals surface area contributed by atoms with Gasteiger partial charge in [0.15, 0.2) is 0 Å². The van der Waals surface area contributed by atoms with Gasteiger partial charge in [-0.15, -0.1) is 4.83 Å². The number of nitrogens with one attached hydrogen (secondary N) is 2. The Morgan fingerprint density at radius 2 is 1.72 bits per heavy atom. The van der Waals surface area contributed by atoms with Crippen molar-refractivity contribution in [1.29, 1.82) is 0 Å². The molecule has 2 N–H and O–H groups in total. The number of carbonyl (C=O) groups excluding carboxylic acids is 1. The van der Waals surface area contributed by atoms with Crippen LogP contribution in [0.5, 0.6) is 0 Å². The minimum atomic E-state index is -3.90. The summed E-state index contributed by atoms with van der Waals surface area (Å²) in [4.78, 5) is 13.7. The van der Waals surface area contributed by atoms with E-state index in [2.05, 4.69) is 4.83 Å². The summed E-state index contributed by atoms with van der Waals surface area (Å²) in [5.41, 5.74) is -0.731. The molecule has 1 aliphatic rings. The van der Waals surface area contributed by atoms with E-state index in [1.165, 1.54) is 0 Å². The lowest BCUT2D eigenvalue weighted by Gasteiger charge is -2.26. The Balaban J connectivity index is 2.46. The summed E-state index contributed by atoms with van der Waals surface area (Å²) in [7, 11) is -3.90. The first kappa shape index (κ1) is 15.2. The standard InChI is InChI=1S/C10H21N3O4S/c1-10(2,3)17-9(14)11-18(15,16)12-13-7-5-4-6-8-13/h12H,4-8H2,1-3H3,(H,11,14). The van der Waals surface area contributed by atoms with Crippen LogP contribution in [0.3, 0.4) is 0 Å². The average Bonchev–Trinajstić information content (AvgIpc) is 2.13. The lowest BCUT2D eigenvalue weighted by atomic mass is 10.2. The fraction of sp³-hybridized carbons (Fsp3) is 0.900. The summed E-state index contributed by atoms with van der Waals surface area (Å²) in [6.07, 6.45) is 1.99. The van der Waals surface area contributed by atoms with Gasteiger partial charge in [-0.2, -0.15) is 8.42 Å². The van der Waals surface area contributed by atoms with Gasteiger partial charge < -0.3 is 4.74 Å². The molecule has 1 amide bonds. The zero-order valence-electron chi connectivity index (χ0n) is 11.0. The predicted octanol–water partition coefficient (Wildman–Crippen LogP) is 0.746. The highest BCUT2D eigenvalue weighted by Crippen LogP contribution is 2.08. The number of nitrogens with zero attached hydrogens (tertiary/aromatic N) is 1. The van der Waals surface area contributed by atoms with Crippen LogP contribution in [0.25, 0.3) is 0 Å². The topological polar surface area (TPSA) is 87.7 Å². The van der Waals surface area contributed by atoms with Crippen molar-refractivity contribution in [2.75, 3.05) is 13.1 Å². The van der Waals surface area contributed by atoms with Gasteiger partial charge in [0.05, 0.1) is 0 Å². The van der Waals surface area contributed by atoms with E-state index >= 15 is 0 Å². The molecule has 0 aliphatic carbocycles. The van der Waals surface area contributed by atoms with E-state index in [9.17, 15) is 13.2 Å². The minimum Gasteiger partial charge on any atom is -0.443 e. The summed E-state index contributed by atoms with van der Waals surface area (Å²) in [5, 5.41) is 1.58. The Hall–Kier alpha value is -0.860. The Labute approximate surface area is 108 Å². The van der Waals surface area contributed by atoms with Crippen LogP contribution >= 0.6 is 0 Å². The maximum atomic E-state index is 11.6. The SMILES string of the molecule is CC(C)(C)OC(=O)NS(=O)(=O)NN1CCCCC1. The number of piperidine rings is 1. The van der Waals surface area contributed by atoms with Gasteiger partial charge in [-0.3, -0.25) is 0 Å². The lowest BCUT2D eigenvalue weighted by molar-refractivity contribution is 0.0567. The number of rotatable bonds is 3. The number of carbonyl (C=O) groups is 1. The molecule has 1 fully saturated rings. The van der Waals surface area contributed by atoms with Crippen molar-refractivity contribution >= 4 is 16.3 Å². The third-order valence-corrected chi connectivity index (χ3v) is 3.16.